The zero-order valence-corrected chi connectivity index (χ0v) is 8.26. The largest absolute Gasteiger partial charge is 0.455 e. The van der Waals surface area contributed by atoms with E-state index in [1.165, 1.54) is 0 Å². The number of nitrogens with zero attached hydrogens (tertiary/aromatic N) is 1. The molecule has 0 saturated carbocycles. The first-order chi connectivity index (χ1) is 5.99. The Morgan fingerprint density at radius 2 is 2.31 bits per heavy atom. The molecule has 1 aliphatic rings. The Kier molecular flexibility index (Phi) is 2.86. The molecule has 0 fully saturated rings. The predicted molar refractivity (Wildman–Crippen MR) is 50.6 cm³/mol. The minimum atomic E-state index is -0.444. The van der Waals surface area contributed by atoms with Gasteiger partial charge < -0.3 is 4.74 Å². The number of esters is 1. The van der Waals surface area contributed by atoms with Crippen molar-refractivity contribution in [3.63, 3.8) is 0 Å². The van der Waals surface area contributed by atoms with Crippen LogP contribution in [0.3, 0.4) is 0 Å². The van der Waals surface area contributed by atoms with Crippen LogP contribution in [-0.4, -0.2) is 23.8 Å². The molecule has 13 heavy (non-hydrogen) atoms. The van der Waals surface area contributed by atoms with Gasteiger partial charge in [-0.3, -0.25) is 4.99 Å². The summed E-state index contributed by atoms with van der Waals surface area (Å²) in [6, 6.07) is 0. The Bertz CT molecular complexity index is 259. The Morgan fingerprint density at radius 1 is 1.62 bits per heavy atom. The zero-order valence-electron chi connectivity index (χ0n) is 8.26. The number of hydrogen-bond acceptors (Lipinski definition) is 3. The number of hydrogen-bond donors (Lipinski definition) is 0. The first kappa shape index (κ1) is 9.96. The topological polar surface area (TPSA) is 38.7 Å². The normalized spacial score (nSPS) is 16.7. The third-order valence-corrected chi connectivity index (χ3v) is 1.42. The van der Waals surface area contributed by atoms with Crippen LogP contribution in [0.1, 0.15) is 27.2 Å². The van der Waals surface area contributed by atoms with E-state index < -0.39 is 5.60 Å². The van der Waals surface area contributed by atoms with Crippen molar-refractivity contribution in [3.05, 3.63) is 12.2 Å². The Morgan fingerprint density at radius 3 is 2.77 bits per heavy atom. The lowest BCUT2D eigenvalue weighted by atomic mass is 10.1. The first-order valence-electron chi connectivity index (χ1n) is 4.31. The molecule has 1 aliphatic heterocycles. The maximum Gasteiger partial charge on any atom is 0.353 e. The zero-order chi connectivity index (χ0) is 9.90. The molecule has 0 bridgehead atoms. The lowest BCUT2D eigenvalue weighted by Gasteiger charge is -2.20. The number of rotatable bonds is 1. The molecular weight excluding hydrogens is 166 g/mol. The Balaban J connectivity index is 2.53. The van der Waals surface area contributed by atoms with Crippen LogP contribution in [0.25, 0.3) is 0 Å². The lowest BCUT2D eigenvalue weighted by Crippen LogP contribution is -2.29. The molecule has 0 saturated heterocycles. The highest BCUT2D eigenvalue weighted by molar-refractivity contribution is 6.36. The number of allylic oxidation sites excluding steroid dienone is 1. The van der Waals surface area contributed by atoms with E-state index in [0.717, 1.165) is 0 Å². The molecule has 0 amide bonds. The maximum atomic E-state index is 11.4. The minimum Gasteiger partial charge on any atom is -0.455 e. The second-order valence-electron chi connectivity index (χ2n) is 3.87. The van der Waals surface area contributed by atoms with Crippen molar-refractivity contribution in [2.45, 2.75) is 32.8 Å². The summed E-state index contributed by atoms with van der Waals surface area (Å²) in [5.41, 5.74) is 0.0262. The molecule has 1 heterocycles. The van der Waals surface area contributed by atoms with Gasteiger partial charge in [0.1, 0.15) is 11.3 Å². The molecule has 0 unspecified atom stereocenters. The number of ether oxygens (including phenoxy) is 1. The molecule has 1 radical (unpaired) electrons. The number of dihydropyridines is 1. The van der Waals surface area contributed by atoms with Gasteiger partial charge in [0, 0.05) is 6.42 Å². The van der Waals surface area contributed by atoms with E-state index >= 15 is 0 Å². The van der Waals surface area contributed by atoms with Crippen molar-refractivity contribution in [2.24, 2.45) is 4.99 Å². The summed E-state index contributed by atoms with van der Waals surface area (Å²) in [6.07, 6.45) is 5.23. The highest BCUT2D eigenvalue weighted by atomic mass is 16.6. The van der Waals surface area contributed by atoms with Crippen LogP contribution in [0.5, 0.6) is 0 Å². The predicted octanol–water partition coefficient (Wildman–Crippen LogP) is 1.53. The van der Waals surface area contributed by atoms with Gasteiger partial charge in [-0.2, -0.15) is 0 Å². The Labute approximate surface area is 78.5 Å². The highest BCUT2D eigenvalue weighted by Crippen LogP contribution is 2.09. The molecule has 0 N–H and O–H groups in total. The second-order valence-corrected chi connectivity index (χ2v) is 3.87. The van der Waals surface area contributed by atoms with Crippen LogP contribution in [0.2, 0.25) is 0 Å². The quantitative estimate of drug-likeness (QED) is 0.574. The summed E-state index contributed by atoms with van der Waals surface area (Å²) in [6.45, 7) is 6.06. The standard InChI is InChI=1S/C10H14NO2/c1-10(2,3)13-9(12)8-6-4-5-7-11-8/h5H,6-7H2,1-3H3. The Hall–Kier alpha value is -1.12. The van der Waals surface area contributed by atoms with E-state index in [4.69, 9.17) is 4.74 Å². The molecule has 0 aromatic carbocycles. The molecule has 0 aromatic rings. The van der Waals surface area contributed by atoms with Gasteiger partial charge in [-0.25, -0.2) is 4.79 Å². The maximum absolute atomic E-state index is 11.4. The van der Waals surface area contributed by atoms with Gasteiger partial charge in [0.05, 0.1) is 6.54 Å². The van der Waals surface area contributed by atoms with Gasteiger partial charge in [-0.1, -0.05) is 6.08 Å². The van der Waals surface area contributed by atoms with Gasteiger partial charge in [0.2, 0.25) is 0 Å². The number of carbonyl (C=O) groups is 1. The third-order valence-electron chi connectivity index (χ3n) is 1.42. The van der Waals surface area contributed by atoms with E-state index in [-0.39, 0.29) is 5.97 Å². The highest BCUT2D eigenvalue weighted by Gasteiger charge is 2.20. The second kappa shape index (κ2) is 3.73. The molecular formula is C10H14NO2. The van der Waals surface area contributed by atoms with E-state index in [1.54, 1.807) is 0 Å². The molecule has 71 valence electrons. The number of carbonyl (C=O) groups excluding carboxylic acids is 1. The molecule has 0 spiro atoms. The van der Waals surface area contributed by atoms with Gasteiger partial charge >= 0.3 is 5.97 Å². The van der Waals surface area contributed by atoms with Gasteiger partial charge in [-0.05, 0) is 26.8 Å². The average molecular weight is 180 g/mol. The number of aliphatic imine (C=N–C) groups is 1. The molecule has 0 aliphatic carbocycles. The van der Waals surface area contributed by atoms with Gasteiger partial charge in [0.15, 0.2) is 0 Å². The molecule has 3 nitrogen and oxygen atoms in total. The van der Waals surface area contributed by atoms with Crippen LogP contribution >= 0.6 is 0 Å². The van der Waals surface area contributed by atoms with Crippen molar-refractivity contribution >= 4 is 11.7 Å². The third kappa shape index (κ3) is 3.40. The van der Waals surface area contributed by atoms with Crippen LogP contribution in [0.4, 0.5) is 0 Å². The van der Waals surface area contributed by atoms with Gasteiger partial charge in [0.25, 0.3) is 0 Å². The summed E-state index contributed by atoms with van der Waals surface area (Å²) in [5.74, 6) is -0.326. The monoisotopic (exact) mass is 180 g/mol. The first-order valence-corrected chi connectivity index (χ1v) is 4.31. The lowest BCUT2D eigenvalue weighted by molar-refractivity contribution is -0.146. The average Bonchev–Trinajstić information content (AvgIpc) is 2.03. The van der Waals surface area contributed by atoms with E-state index in [0.29, 0.717) is 18.7 Å². The van der Waals surface area contributed by atoms with Crippen LogP contribution < -0.4 is 0 Å². The minimum absolute atomic E-state index is 0.326. The summed E-state index contributed by atoms with van der Waals surface area (Å²) in [4.78, 5) is 15.4. The van der Waals surface area contributed by atoms with Crippen LogP contribution in [-0.2, 0) is 9.53 Å². The van der Waals surface area contributed by atoms with E-state index in [2.05, 4.69) is 11.1 Å². The smallest absolute Gasteiger partial charge is 0.353 e. The summed E-state index contributed by atoms with van der Waals surface area (Å²) >= 11 is 0. The van der Waals surface area contributed by atoms with E-state index in [9.17, 15) is 4.79 Å². The van der Waals surface area contributed by atoms with Crippen LogP contribution in [0.15, 0.2) is 11.1 Å². The molecule has 0 atom stereocenters. The van der Waals surface area contributed by atoms with Crippen molar-refractivity contribution in [2.75, 3.05) is 6.54 Å². The van der Waals surface area contributed by atoms with Crippen molar-refractivity contribution in [1.29, 1.82) is 0 Å². The van der Waals surface area contributed by atoms with Crippen molar-refractivity contribution in [3.8, 4) is 0 Å². The van der Waals surface area contributed by atoms with Gasteiger partial charge in [-0.15, -0.1) is 0 Å². The van der Waals surface area contributed by atoms with Crippen LogP contribution in [0, 0.1) is 6.08 Å². The van der Waals surface area contributed by atoms with Crippen molar-refractivity contribution in [1.82, 2.24) is 0 Å². The summed E-state index contributed by atoms with van der Waals surface area (Å²) in [7, 11) is 0. The SMILES string of the molecule is CC(C)(C)OC(=O)C1=NCC=[C]C1. The molecule has 1 rings (SSSR count). The fourth-order valence-corrected chi connectivity index (χ4v) is 0.919. The summed E-state index contributed by atoms with van der Waals surface area (Å²) < 4.78 is 5.15. The van der Waals surface area contributed by atoms with Crippen molar-refractivity contribution < 1.29 is 9.53 Å². The fraction of sp³-hybridized carbons (Fsp3) is 0.600. The molecule has 0 aromatic heterocycles. The fourth-order valence-electron chi connectivity index (χ4n) is 0.919. The van der Waals surface area contributed by atoms with E-state index in [1.807, 2.05) is 26.8 Å². The molecule has 3 heteroatoms. The summed E-state index contributed by atoms with van der Waals surface area (Å²) in [5, 5.41) is 0.